The van der Waals surface area contributed by atoms with Crippen molar-refractivity contribution < 1.29 is 10.2 Å². The first-order chi connectivity index (χ1) is 7.70. The second kappa shape index (κ2) is 6.35. The fraction of sp³-hybridized carbons (Fsp3) is 0.500. The highest BCUT2D eigenvalue weighted by atomic mass is 16.3. The van der Waals surface area contributed by atoms with Gasteiger partial charge in [0.1, 0.15) is 0 Å². The normalized spacial score (nSPS) is 10.2. The van der Waals surface area contributed by atoms with E-state index in [1.54, 1.807) is 0 Å². The summed E-state index contributed by atoms with van der Waals surface area (Å²) in [5.41, 5.74) is 4.33. The Kier molecular flexibility index (Phi) is 5.08. The molecule has 4 N–H and O–H groups in total. The highest BCUT2D eigenvalue weighted by Crippen LogP contribution is 2.26. The Morgan fingerprint density at radius 1 is 1.00 bits per heavy atom. The first-order valence-electron chi connectivity index (χ1n) is 5.50. The third-order valence-electron chi connectivity index (χ3n) is 2.51. The number of hydrogen-bond donors (Lipinski definition) is 4. The van der Waals surface area contributed by atoms with Crippen molar-refractivity contribution in [3.8, 4) is 0 Å². The lowest BCUT2D eigenvalue weighted by atomic mass is 10.1. The van der Waals surface area contributed by atoms with Gasteiger partial charge in [0, 0.05) is 24.5 Å². The number of benzene rings is 1. The van der Waals surface area contributed by atoms with Crippen molar-refractivity contribution in [1.82, 2.24) is 0 Å². The summed E-state index contributed by atoms with van der Waals surface area (Å²) >= 11 is 0. The van der Waals surface area contributed by atoms with E-state index in [-0.39, 0.29) is 13.2 Å². The summed E-state index contributed by atoms with van der Waals surface area (Å²) in [4.78, 5) is 0. The molecule has 0 aliphatic rings. The Balaban J connectivity index is 2.87. The zero-order chi connectivity index (χ0) is 12.0. The summed E-state index contributed by atoms with van der Waals surface area (Å²) in [5, 5.41) is 23.9. The van der Waals surface area contributed by atoms with Crippen LogP contribution in [0.15, 0.2) is 12.1 Å². The molecule has 1 rings (SSSR count). The molecule has 0 radical (unpaired) electrons. The smallest absolute Gasteiger partial charge is 0.0604 e. The lowest BCUT2D eigenvalue weighted by Gasteiger charge is -2.16. The van der Waals surface area contributed by atoms with Crippen molar-refractivity contribution in [3.63, 3.8) is 0 Å². The summed E-state index contributed by atoms with van der Waals surface area (Å²) in [6.45, 7) is 5.38. The zero-order valence-electron chi connectivity index (χ0n) is 9.88. The van der Waals surface area contributed by atoms with Crippen LogP contribution >= 0.6 is 0 Å². The molecule has 90 valence electrons. The molecule has 0 aromatic heterocycles. The number of nitrogens with one attached hydrogen (secondary N) is 2. The maximum absolute atomic E-state index is 8.81. The minimum atomic E-state index is 0.118. The van der Waals surface area contributed by atoms with Gasteiger partial charge in [-0.05, 0) is 31.0 Å². The standard InChI is InChI=1S/C12H20N2O2/c1-9-3-4-11(13-5-7-15)10(2)12(9)14-6-8-16/h3-4,13-16H,5-8H2,1-2H3. The maximum Gasteiger partial charge on any atom is 0.0604 e. The summed E-state index contributed by atoms with van der Waals surface area (Å²) in [7, 11) is 0. The van der Waals surface area contributed by atoms with Gasteiger partial charge in [-0.3, -0.25) is 0 Å². The van der Waals surface area contributed by atoms with Crippen LogP contribution in [0.25, 0.3) is 0 Å². The molecular weight excluding hydrogens is 204 g/mol. The molecule has 0 heterocycles. The first-order valence-corrected chi connectivity index (χ1v) is 5.50. The van der Waals surface area contributed by atoms with Gasteiger partial charge in [0.2, 0.25) is 0 Å². The number of aliphatic hydroxyl groups is 2. The van der Waals surface area contributed by atoms with Gasteiger partial charge in [-0.15, -0.1) is 0 Å². The van der Waals surface area contributed by atoms with E-state index in [1.807, 2.05) is 26.0 Å². The molecule has 1 aromatic carbocycles. The summed E-state index contributed by atoms with van der Waals surface area (Å²) in [6.07, 6.45) is 0. The van der Waals surface area contributed by atoms with Gasteiger partial charge in [0.05, 0.1) is 13.2 Å². The largest absolute Gasteiger partial charge is 0.395 e. The van der Waals surface area contributed by atoms with Crippen LogP contribution < -0.4 is 10.6 Å². The van der Waals surface area contributed by atoms with Gasteiger partial charge in [0.25, 0.3) is 0 Å². The van der Waals surface area contributed by atoms with Crippen LogP contribution in [0.5, 0.6) is 0 Å². The second-order valence-corrected chi connectivity index (χ2v) is 3.73. The molecule has 0 bridgehead atoms. The summed E-state index contributed by atoms with van der Waals surface area (Å²) < 4.78 is 0. The highest BCUT2D eigenvalue weighted by Gasteiger charge is 2.06. The predicted molar refractivity (Wildman–Crippen MR) is 67.1 cm³/mol. The van der Waals surface area contributed by atoms with Crippen LogP contribution in [-0.2, 0) is 0 Å². The molecule has 1 aromatic rings. The number of hydrogen-bond acceptors (Lipinski definition) is 4. The molecule has 0 fully saturated rings. The monoisotopic (exact) mass is 224 g/mol. The van der Waals surface area contributed by atoms with Crippen molar-refractivity contribution >= 4 is 11.4 Å². The Morgan fingerprint density at radius 3 is 2.25 bits per heavy atom. The van der Waals surface area contributed by atoms with E-state index in [0.29, 0.717) is 13.1 Å². The van der Waals surface area contributed by atoms with E-state index in [4.69, 9.17) is 10.2 Å². The maximum atomic E-state index is 8.81. The molecule has 0 amide bonds. The third kappa shape index (κ3) is 3.12. The van der Waals surface area contributed by atoms with E-state index in [1.165, 1.54) is 0 Å². The quantitative estimate of drug-likeness (QED) is 0.584. The highest BCUT2D eigenvalue weighted by molar-refractivity contribution is 5.68. The van der Waals surface area contributed by atoms with Gasteiger partial charge >= 0.3 is 0 Å². The first kappa shape index (κ1) is 12.8. The lowest BCUT2D eigenvalue weighted by Crippen LogP contribution is -2.11. The topological polar surface area (TPSA) is 64.5 Å². The Morgan fingerprint density at radius 2 is 1.62 bits per heavy atom. The van der Waals surface area contributed by atoms with E-state index in [0.717, 1.165) is 22.5 Å². The van der Waals surface area contributed by atoms with Gasteiger partial charge in [-0.1, -0.05) is 6.07 Å². The second-order valence-electron chi connectivity index (χ2n) is 3.73. The molecule has 0 aliphatic carbocycles. The van der Waals surface area contributed by atoms with Crippen LogP contribution in [0.3, 0.4) is 0 Å². The van der Waals surface area contributed by atoms with Crippen molar-refractivity contribution in [2.24, 2.45) is 0 Å². The number of aryl methyl sites for hydroxylation is 1. The van der Waals surface area contributed by atoms with Gasteiger partial charge in [0.15, 0.2) is 0 Å². The Bertz CT molecular complexity index is 340. The molecule has 4 heteroatoms. The molecule has 0 spiro atoms. The molecule has 0 unspecified atom stereocenters. The minimum Gasteiger partial charge on any atom is -0.395 e. The average Bonchev–Trinajstić information content (AvgIpc) is 2.28. The molecule has 0 aliphatic heterocycles. The van der Waals surface area contributed by atoms with Crippen LogP contribution in [0, 0.1) is 13.8 Å². The number of rotatable bonds is 6. The molecule has 16 heavy (non-hydrogen) atoms. The average molecular weight is 224 g/mol. The molecule has 0 atom stereocenters. The molecule has 4 nitrogen and oxygen atoms in total. The van der Waals surface area contributed by atoms with Gasteiger partial charge in [-0.2, -0.15) is 0 Å². The molecular formula is C12H20N2O2. The number of anilines is 2. The molecule has 0 saturated carbocycles. The SMILES string of the molecule is Cc1ccc(NCCO)c(C)c1NCCO. The van der Waals surface area contributed by atoms with E-state index in [9.17, 15) is 0 Å². The van der Waals surface area contributed by atoms with Crippen molar-refractivity contribution in [1.29, 1.82) is 0 Å². The molecule has 0 saturated heterocycles. The van der Waals surface area contributed by atoms with Crippen molar-refractivity contribution in [3.05, 3.63) is 23.3 Å². The number of aliphatic hydroxyl groups excluding tert-OH is 2. The Labute approximate surface area is 96.3 Å². The summed E-state index contributed by atoms with van der Waals surface area (Å²) in [6, 6.07) is 4.02. The van der Waals surface area contributed by atoms with Crippen LogP contribution in [0.4, 0.5) is 11.4 Å². The van der Waals surface area contributed by atoms with Crippen molar-refractivity contribution in [2.45, 2.75) is 13.8 Å². The lowest BCUT2D eigenvalue weighted by molar-refractivity contribution is 0.311. The fourth-order valence-corrected chi connectivity index (χ4v) is 1.68. The third-order valence-corrected chi connectivity index (χ3v) is 2.51. The minimum absolute atomic E-state index is 0.118. The zero-order valence-corrected chi connectivity index (χ0v) is 9.88. The van der Waals surface area contributed by atoms with Crippen LogP contribution in [0.2, 0.25) is 0 Å². The Hall–Kier alpha value is -1.26. The van der Waals surface area contributed by atoms with Gasteiger partial charge in [-0.25, -0.2) is 0 Å². The van der Waals surface area contributed by atoms with E-state index < -0.39 is 0 Å². The van der Waals surface area contributed by atoms with Gasteiger partial charge < -0.3 is 20.8 Å². The summed E-state index contributed by atoms with van der Waals surface area (Å²) in [5.74, 6) is 0. The van der Waals surface area contributed by atoms with Crippen molar-refractivity contribution in [2.75, 3.05) is 36.9 Å². The van der Waals surface area contributed by atoms with E-state index >= 15 is 0 Å². The van der Waals surface area contributed by atoms with Crippen LogP contribution in [0.1, 0.15) is 11.1 Å². The fourth-order valence-electron chi connectivity index (χ4n) is 1.68. The predicted octanol–water partition coefficient (Wildman–Crippen LogP) is 1.11. The van der Waals surface area contributed by atoms with E-state index in [2.05, 4.69) is 10.6 Å². The van der Waals surface area contributed by atoms with Crippen LogP contribution in [-0.4, -0.2) is 36.5 Å².